The van der Waals surface area contributed by atoms with Gasteiger partial charge in [-0.25, -0.2) is 4.67 Å². The Labute approximate surface area is 187 Å². The molecule has 5 rings (SSSR count). The Balaban J connectivity index is 1.28. The molecule has 4 aliphatic heterocycles. The molecule has 0 aromatic heterocycles. The van der Waals surface area contributed by atoms with Crippen LogP contribution in [-0.2, 0) is 18.6 Å². The topological polar surface area (TPSA) is 51.2 Å². The molecule has 0 saturated carbocycles. The maximum atomic E-state index is 11.4. The lowest BCUT2D eigenvalue weighted by Gasteiger charge is -2.28. The van der Waals surface area contributed by atoms with Crippen LogP contribution in [0.2, 0.25) is 0 Å². The molecule has 4 aliphatic rings. The summed E-state index contributed by atoms with van der Waals surface area (Å²) in [5, 5.41) is 0. The summed E-state index contributed by atoms with van der Waals surface area (Å²) in [4.78, 5) is 13.7. The van der Waals surface area contributed by atoms with Gasteiger partial charge < -0.3 is 23.4 Å². The number of ether oxygens (including phenoxy) is 1. The van der Waals surface area contributed by atoms with Gasteiger partial charge in [0.2, 0.25) is 7.41 Å². The lowest BCUT2D eigenvalue weighted by molar-refractivity contribution is -0.110. The second-order valence-electron chi connectivity index (χ2n) is 9.44. The predicted octanol–water partition coefficient (Wildman–Crippen LogP) is 3.62. The second-order valence-corrected chi connectivity index (χ2v) is 10.8. The van der Waals surface area contributed by atoms with E-state index >= 15 is 0 Å². The van der Waals surface area contributed by atoms with E-state index in [-0.39, 0.29) is 36.3 Å². The molecule has 2 unspecified atom stereocenters. The molecule has 4 fully saturated rings. The fourth-order valence-electron chi connectivity index (χ4n) is 5.77. The number of aldehydes is 1. The molecule has 0 aliphatic carbocycles. The average Bonchev–Trinajstić information content (AvgIpc) is 3.56. The summed E-state index contributed by atoms with van der Waals surface area (Å²) in [6.07, 6.45) is 6.69. The zero-order valence-electron chi connectivity index (χ0n) is 18.6. The van der Waals surface area contributed by atoms with E-state index in [0.29, 0.717) is 6.04 Å². The van der Waals surface area contributed by atoms with Crippen molar-refractivity contribution in [2.75, 3.05) is 13.1 Å². The third-order valence-electron chi connectivity index (χ3n) is 7.58. The standard InChI is InChI=1S/C23H34BN2O4P/c1-3-20-21(16(2)23(28-20)24-25-13-7-11-18(25)15-27)29-31-26-14-8-12-19(26)22(30-31)17-9-5-4-6-10-17/h4-6,9-10,15-16,18-24H,3,7-8,11-14H2,1-2H3/t16?,18-,19-,20+,21+,22+,23+,31?/m0/s1. The van der Waals surface area contributed by atoms with E-state index in [4.69, 9.17) is 13.8 Å². The van der Waals surface area contributed by atoms with Crippen LogP contribution in [0.3, 0.4) is 0 Å². The number of rotatable bonds is 7. The van der Waals surface area contributed by atoms with E-state index in [1.807, 2.05) is 0 Å². The van der Waals surface area contributed by atoms with Gasteiger partial charge in [-0.15, -0.1) is 0 Å². The molecule has 0 bridgehead atoms. The van der Waals surface area contributed by atoms with Gasteiger partial charge in [-0.2, -0.15) is 0 Å². The Morgan fingerprint density at radius 3 is 2.81 bits per heavy atom. The summed E-state index contributed by atoms with van der Waals surface area (Å²) in [7, 11) is -0.263. The number of hydrogen-bond donors (Lipinski definition) is 0. The molecule has 0 amide bonds. The molecule has 1 aromatic carbocycles. The minimum Gasteiger partial charge on any atom is -0.379 e. The van der Waals surface area contributed by atoms with Crippen molar-refractivity contribution >= 4 is 22.2 Å². The van der Waals surface area contributed by atoms with Gasteiger partial charge in [-0.05, 0) is 44.2 Å². The van der Waals surface area contributed by atoms with Crippen molar-refractivity contribution in [3.8, 4) is 0 Å². The first-order valence-corrected chi connectivity index (χ1v) is 13.1. The Bertz CT molecular complexity index is 758. The highest BCUT2D eigenvalue weighted by molar-refractivity contribution is 7.45. The lowest BCUT2D eigenvalue weighted by Crippen LogP contribution is -2.42. The van der Waals surface area contributed by atoms with Crippen LogP contribution in [0.25, 0.3) is 0 Å². The Kier molecular flexibility index (Phi) is 6.80. The largest absolute Gasteiger partial charge is 0.379 e. The Hall–Kier alpha value is -0.815. The van der Waals surface area contributed by atoms with Crippen LogP contribution in [0, 0.1) is 5.92 Å². The van der Waals surface area contributed by atoms with Crippen molar-refractivity contribution < 1.29 is 18.6 Å². The van der Waals surface area contributed by atoms with Gasteiger partial charge in [0.25, 0.3) is 8.53 Å². The number of carbonyl (C=O) groups is 1. The number of hydrogen-bond acceptors (Lipinski definition) is 6. The third kappa shape index (κ3) is 4.26. The summed E-state index contributed by atoms with van der Waals surface area (Å²) in [6, 6.07) is 11.2. The van der Waals surface area contributed by atoms with Gasteiger partial charge in [-0.1, -0.05) is 44.2 Å². The lowest BCUT2D eigenvalue weighted by atomic mass is 9.74. The zero-order chi connectivity index (χ0) is 21.4. The predicted molar refractivity (Wildman–Crippen MR) is 123 cm³/mol. The summed E-state index contributed by atoms with van der Waals surface area (Å²) < 4.78 is 22.3. The highest BCUT2D eigenvalue weighted by atomic mass is 31.2. The Morgan fingerprint density at radius 2 is 2.03 bits per heavy atom. The van der Waals surface area contributed by atoms with Gasteiger partial charge >= 0.3 is 0 Å². The van der Waals surface area contributed by atoms with Crippen LogP contribution >= 0.6 is 8.53 Å². The number of benzene rings is 1. The minimum atomic E-state index is -1.08. The number of fused-ring (bicyclic) bond motifs is 1. The van der Waals surface area contributed by atoms with Gasteiger partial charge in [0.1, 0.15) is 12.4 Å². The van der Waals surface area contributed by atoms with Crippen LogP contribution in [0.4, 0.5) is 0 Å². The number of nitrogens with zero attached hydrogens (tertiary/aromatic N) is 2. The molecular weight excluding hydrogens is 410 g/mol. The van der Waals surface area contributed by atoms with E-state index in [2.05, 4.69) is 53.7 Å². The summed E-state index contributed by atoms with van der Waals surface area (Å²) >= 11 is 0. The van der Waals surface area contributed by atoms with E-state index in [1.54, 1.807) is 0 Å². The fourth-order valence-corrected chi connectivity index (χ4v) is 7.84. The van der Waals surface area contributed by atoms with Gasteiger partial charge in [0.05, 0.1) is 24.3 Å². The fraction of sp³-hybridized carbons (Fsp3) is 0.696. The molecule has 8 heteroatoms. The van der Waals surface area contributed by atoms with Crippen molar-refractivity contribution in [2.45, 2.75) is 82.4 Å². The normalized spacial score (nSPS) is 41.0. The molecule has 6 nitrogen and oxygen atoms in total. The van der Waals surface area contributed by atoms with Crippen molar-refractivity contribution in [3.05, 3.63) is 35.9 Å². The van der Waals surface area contributed by atoms with Crippen LogP contribution in [0.15, 0.2) is 30.3 Å². The van der Waals surface area contributed by atoms with E-state index in [1.165, 1.54) is 18.4 Å². The van der Waals surface area contributed by atoms with Crippen molar-refractivity contribution in [1.29, 1.82) is 0 Å². The van der Waals surface area contributed by atoms with Crippen LogP contribution < -0.4 is 0 Å². The molecule has 31 heavy (non-hydrogen) atoms. The van der Waals surface area contributed by atoms with Crippen LogP contribution in [0.5, 0.6) is 0 Å². The molecule has 0 spiro atoms. The summed E-state index contributed by atoms with van der Waals surface area (Å²) in [5.41, 5.74) is 1.25. The molecule has 0 N–H and O–H groups in total. The molecule has 8 atom stereocenters. The maximum absolute atomic E-state index is 11.4. The molecular formula is C23H34BN2O4P. The quantitative estimate of drug-likeness (QED) is 0.364. The van der Waals surface area contributed by atoms with Gasteiger partial charge in [0, 0.05) is 18.5 Å². The van der Waals surface area contributed by atoms with Crippen molar-refractivity contribution in [1.82, 2.24) is 9.48 Å². The molecule has 4 heterocycles. The molecule has 4 saturated heterocycles. The van der Waals surface area contributed by atoms with Crippen molar-refractivity contribution in [2.24, 2.45) is 5.92 Å². The molecule has 168 valence electrons. The first-order chi connectivity index (χ1) is 15.2. The van der Waals surface area contributed by atoms with E-state index < -0.39 is 8.53 Å². The van der Waals surface area contributed by atoms with Gasteiger partial charge in [-0.3, -0.25) is 0 Å². The Morgan fingerprint density at radius 1 is 1.23 bits per heavy atom. The first-order valence-electron chi connectivity index (χ1n) is 12.0. The molecule has 1 aromatic rings. The third-order valence-corrected chi connectivity index (χ3v) is 9.33. The summed E-state index contributed by atoms with van der Waals surface area (Å²) in [6.45, 7) is 6.46. The van der Waals surface area contributed by atoms with Crippen molar-refractivity contribution in [3.63, 3.8) is 0 Å². The second kappa shape index (κ2) is 9.58. The van der Waals surface area contributed by atoms with Crippen LogP contribution in [0.1, 0.15) is 57.6 Å². The van der Waals surface area contributed by atoms with E-state index in [0.717, 1.165) is 46.1 Å². The SMILES string of the molecule is CC[C@H]1O[C@@H](BN2CCC[C@H]2C=O)C(C)[C@H]1OP1O[C@H](c2ccccc2)[C@@H]2CCCN21. The van der Waals surface area contributed by atoms with E-state index in [9.17, 15) is 4.79 Å². The highest BCUT2D eigenvalue weighted by Gasteiger charge is 2.51. The molecule has 0 radical (unpaired) electrons. The van der Waals surface area contributed by atoms with Gasteiger partial charge in [0.15, 0.2) is 0 Å². The smallest absolute Gasteiger partial charge is 0.260 e. The zero-order valence-corrected chi connectivity index (χ0v) is 19.5. The average molecular weight is 444 g/mol. The number of carbonyl (C=O) groups excluding carboxylic acids is 1. The van der Waals surface area contributed by atoms with Crippen LogP contribution in [-0.4, -0.2) is 66.6 Å². The highest BCUT2D eigenvalue weighted by Crippen LogP contribution is 2.61. The summed E-state index contributed by atoms with van der Waals surface area (Å²) in [5.74, 6) is 0.279. The first kappa shape index (κ1) is 22.0. The monoisotopic (exact) mass is 444 g/mol. The minimum absolute atomic E-state index is 0.0363. The maximum Gasteiger partial charge on any atom is 0.260 e.